The predicted molar refractivity (Wildman–Crippen MR) is 76.4 cm³/mol. The summed E-state index contributed by atoms with van der Waals surface area (Å²) < 4.78 is 26.2. The minimum Gasteiger partial charge on any atom is -0.507 e. The molecular weight excluding hydrogens is 302 g/mol. The van der Waals surface area contributed by atoms with Crippen LogP contribution < -0.4 is 4.72 Å². The number of benzene rings is 1. The lowest BCUT2D eigenvalue weighted by atomic mass is 10.2. The molecule has 0 spiro atoms. The first-order chi connectivity index (χ1) is 9.38. The second-order valence-electron chi connectivity index (χ2n) is 3.64. The normalized spacial score (nSPS) is 10.9. The number of sulfonamides is 1. The average Bonchev–Trinajstić information content (AvgIpc) is 2.38. The van der Waals surface area contributed by atoms with Gasteiger partial charge in [0.1, 0.15) is 11.3 Å². The highest BCUT2D eigenvalue weighted by Crippen LogP contribution is 2.21. The third kappa shape index (κ3) is 4.45. The number of terminal acetylenes is 1. The Hall–Kier alpha value is -1.69. The van der Waals surface area contributed by atoms with Gasteiger partial charge in [-0.3, -0.25) is 0 Å². The Morgan fingerprint density at radius 1 is 1.45 bits per heavy atom. The van der Waals surface area contributed by atoms with Crippen molar-refractivity contribution in [2.24, 2.45) is 0 Å². The van der Waals surface area contributed by atoms with Gasteiger partial charge in [0.15, 0.2) is 0 Å². The third-order valence-corrected chi connectivity index (χ3v) is 4.55. The molecule has 108 valence electrons. The van der Waals surface area contributed by atoms with Crippen molar-refractivity contribution < 1.29 is 23.4 Å². The number of carboxylic acids is 1. The molecule has 0 aliphatic rings. The molecule has 8 heteroatoms. The number of rotatable bonds is 7. The van der Waals surface area contributed by atoms with Crippen molar-refractivity contribution in [3.63, 3.8) is 0 Å². The fourth-order valence-corrected chi connectivity index (χ4v) is 3.01. The van der Waals surface area contributed by atoms with E-state index >= 15 is 0 Å². The molecule has 0 unspecified atom stereocenters. The number of phenols is 1. The Morgan fingerprint density at radius 2 is 2.15 bits per heavy atom. The van der Waals surface area contributed by atoms with Gasteiger partial charge in [0.2, 0.25) is 10.0 Å². The van der Waals surface area contributed by atoms with Gasteiger partial charge in [0, 0.05) is 12.3 Å². The van der Waals surface area contributed by atoms with Crippen LogP contribution in [0.4, 0.5) is 0 Å². The molecule has 0 aliphatic heterocycles. The SMILES string of the molecule is C#CCSCCNS(=O)(=O)c1ccc(O)c(C(=O)O)c1. The second-order valence-corrected chi connectivity index (χ2v) is 6.51. The van der Waals surface area contributed by atoms with Crippen LogP contribution in [0.15, 0.2) is 23.1 Å². The first kappa shape index (κ1) is 16.4. The van der Waals surface area contributed by atoms with Crippen LogP contribution in [0.2, 0.25) is 0 Å². The summed E-state index contributed by atoms with van der Waals surface area (Å²) in [5.74, 6) is 1.53. The van der Waals surface area contributed by atoms with Crippen LogP contribution in [0.5, 0.6) is 5.75 Å². The highest BCUT2D eigenvalue weighted by atomic mass is 32.2. The number of carboxylic acid groups (broad SMARTS) is 1. The molecule has 0 fully saturated rings. The number of aromatic hydroxyl groups is 1. The van der Waals surface area contributed by atoms with E-state index in [1.54, 1.807) is 0 Å². The second kappa shape index (κ2) is 7.19. The van der Waals surface area contributed by atoms with Crippen LogP contribution in [0.1, 0.15) is 10.4 Å². The third-order valence-electron chi connectivity index (χ3n) is 2.23. The summed E-state index contributed by atoms with van der Waals surface area (Å²) in [6.45, 7) is 0.179. The van der Waals surface area contributed by atoms with Gasteiger partial charge in [-0.1, -0.05) is 5.92 Å². The van der Waals surface area contributed by atoms with Crippen LogP contribution in [0.25, 0.3) is 0 Å². The maximum Gasteiger partial charge on any atom is 0.339 e. The van der Waals surface area contributed by atoms with E-state index < -0.39 is 27.3 Å². The maximum absolute atomic E-state index is 11.9. The molecule has 1 aromatic carbocycles. The number of aromatic carboxylic acids is 1. The van der Waals surface area contributed by atoms with Gasteiger partial charge in [-0.25, -0.2) is 17.9 Å². The van der Waals surface area contributed by atoms with Crippen molar-refractivity contribution in [1.29, 1.82) is 0 Å². The monoisotopic (exact) mass is 315 g/mol. The molecule has 1 aromatic rings. The van der Waals surface area contributed by atoms with Crippen molar-refractivity contribution in [3.05, 3.63) is 23.8 Å². The van der Waals surface area contributed by atoms with E-state index in [9.17, 15) is 18.3 Å². The summed E-state index contributed by atoms with van der Waals surface area (Å²) in [7, 11) is -3.81. The van der Waals surface area contributed by atoms with E-state index in [1.807, 2.05) is 0 Å². The molecule has 20 heavy (non-hydrogen) atoms. The van der Waals surface area contributed by atoms with Gasteiger partial charge >= 0.3 is 5.97 Å². The molecule has 0 aromatic heterocycles. The quantitative estimate of drug-likeness (QED) is 0.506. The summed E-state index contributed by atoms with van der Waals surface area (Å²) in [5, 5.41) is 18.2. The van der Waals surface area contributed by atoms with Crippen LogP contribution in [-0.2, 0) is 10.0 Å². The molecule has 0 saturated heterocycles. The fourth-order valence-electron chi connectivity index (χ4n) is 1.32. The van der Waals surface area contributed by atoms with Gasteiger partial charge in [-0.15, -0.1) is 18.2 Å². The maximum atomic E-state index is 11.9. The number of carbonyl (C=O) groups is 1. The molecule has 0 radical (unpaired) electrons. The topological polar surface area (TPSA) is 104 Å². The fraction of sp³-hybridized carbons (Fsp3) is 0.250. The van der Waals surface area contributed by atoms with E-state index in [0.717, 1.165) is 18.2 Å². The van der Waals surface area contributed by atoms with Crippen LogP contribution in [-0.4, -0.2) is 42.7 Å². The highest BCUT2D eigenvalue weighted by Gasteiger charge is 2.18. The first-order valence-electron chi connectivity index (χ1n) is 5.45. The van der Waals surface area contributed by atoms with Crippen molar-refractivity contribution in [3.8, 4) is 18.1 Å². The Bertz CT molecular complexity index is 634. The molecule has 0 saturated carbocycles. The summed E-state index contributed by atoms with van der Waals surface area (Å²) >= 11 is 1.40. The van der Waals surface area contributed by atoms with Crippen LogP contribution in [0, 0.1) is 12.3 Å². The molecule has 0 aliphatic carbocycles. The van der Waals surface area contributed by atoms with Gasteiger partial charge in [-0.2, -0.15) is 0 Å². The molecule has 0 atom stereocenters. The zero-order chi connectivity index (χ0) is 15.2. The lowest BCUT2D eigenvalue weighted by Gasteiger charge is -2.07. The van der Waals surface area contributed by atoms with Gasteiger partial charge in [0.25, 0.3) is 0 Å². The van der Waals surface area contributed by atoms with Crippen LogP contribution in [0.3, 0.4) is 0 Å². The largest absolute Gasteiger partial charge is 0.507 e. The van der Waals surface area contributed by atoms with Crippen molar-refractivity contribution in [2.45, 2.75) is 4.90 Å². The van der Waals surface area contributed by atoms with E-state index in [4.69, 9.17) is 11.5 Å². The molecule has 0 heterocycles. The van der Waals surface area contributed by atoms with E-state index in [0.29, 0.717) is 11.5 Å². The number of thioether (sulfide) groups is 1. The van der Waals surface area contributed by atoms with Crippen molar-refractivity contribution in [1.82, 2.24) is 4.72 Å². The Morgan fingerprint density at radius 3 is 2.75 bits per heavy atom. The molecule has 0 amide bonds. The summed E-state index contributed by atoms with van der Waals surface area (Å²) in [4.78, 5) is 10.6. The summed E-state index contributed by atoms with van der Waals surface area (Å²) in [6, 6.07) is 3.08. The molecule has 1 rings (SSSR count). The molecule has 3 N–H and O–H groups in total. The highest BCUT2D eigenvalue weighted by molar-refractivity contribution is 7.99. The van der Waals surface area contributed by atoms with Gasteiger partial charge in [0.05, 0.1) is 10.6 Å². The smallest absolute Gasteiger partial charge is 0.339 e. The Kier molecular flexibility index (Phi) is 5.88. The zero-order valence-corrected chi connectivity index (χ0v) is 12.0. The number of hydrogen-bond donors (Lipinski definition) is 3. The van der Waals surface area contributed by atoms with E-state index in [1.165, 1.54) is 11.8 Å². The average molecular weight is 315 g/mol. The van der Waals surface area contributed by atoms with Crippen LogP contribution >= 0.6 is 11.8 Å². The predicted octanol–water partition coefficient (Wildman–Crippen LogP) is 0.735. The zero-order valence-electron chi connectivity index (χ0n) is 10.4. The van der Waals surface area contributed by atoms with E-state index in [2.05, 4.69) is 10.6 Å². The van der Waals surface area contributed by atoms with Crippen molar-refractivity contribution >= 4 is 27.8 Å². The molecule has 6 nitrogen and oxygen atoms in total. The molecule has 0 bridgehead atoms. The first-order valence-corrected chi connectivity index (χ1v) is 8.09. The Balaban J connectivity index is 2.80. The Labute approximate surface area is 121 Å². The standard InChI is InChI=1S/C12H13NO5S2/c1-2-6-19-7-5-13-20(17,18)9-3-4-11(14)10(8-9)12(15)16/h1,3-4,8,13-14H,5-7H2,(H,15,16). The number of hydrogen-bond acceptors (Lipinski definition) is 5. The number of nitrogens with one attached hydrogen (secondary N) is 1. The minimum absolute atomic E-state index is 0.179. The van der Waals surface area contributed by atoms with E-state index in [-0.39, 0.29) is 11.4 Å². The van der Waals surface area contributed by atoms with Crippen molar-refractivity contribution in [2.75, 3.05) is 18.1 Å². The summed E-state index contributed by atoms with van der Waals surface area (Å²) in [5.41, 5.74) is -0.463. The van der Waals surface area contributed by atoms with Gasteiger partial charge in [-0.05, 0) is 18.2 Å². The lowest BCUT2D eigenvalue weighted by molar-refractivity contribution is 0.0693. The van der Waals surface area contributed by atoms with Gasteiger partial charge < -0.3 is 10.2 Å². The lowest BCUT2D eigenvalue weighted by Crippen LogP contribution is -2.26. The summed E-state index contributed by atoms with van der Waals surface area (Å²) in [6.07, 6.45) is 5.06. The molecular formula is C12H13NO5S2. The minimum atomic E-state index is -3.81.